The molecule has 1 unspecified atom stereocenters. The van der Waals surface area contributed by atoms with Crippen LogP contribution >= 0.6 is 27.5 Å². The number of nitrogens with zero attached hydrogens (tertiary/aromatic N) is 2. The fraction of sp³-hybridized carbons (Fsp3) is 0.286. The number of aromatic nitrogens is 2. The Balaban J connectivity index is 1.92. The first kappa shape index (κ1) is 13.6. The maximum atomic E-state index is 11.8. The van der Waals surface area contributed by atoms with Gasteiger partial charge in [-0.15, -0.1) is 0 Å². The van der Waals surface area contributed by atoms with E-state index in [1.807, 2.05) is 18.2 Å². The SMILES string of the molecule is Cn1ncc(NC2CCc3cc(Cl)ccc32)c(Br)c1=O. The van der Waals surface area contributed by atoms with Crippen LogP contribution < -0.4 is 10.9 Å². The van der Waals surface area contributed by atoms with Gasteiger partial charge in [0.05, 0.1) is 17.9 Å². The molecule has 20 heavy (non-hydrogen) atoms. The normalized spacial score (nSPS) is 17.1. The third-order valence-electron chi connectivity index (χ3n) is 3.59. The second kappa shape index (κ2) is 5.22. The van der Waals surface area contributed by atoms with Gasteiger partial charge in [0, 0.05) is 12.1 Å². The lowest BCUT2D eigenvalue weighted by Gasteiger charge is -2.16. The van der Waals surface area contributed by atoms with E-state index in [0.29, 0.717) is 4.47 Å². The monoisotopic (exact) mass is 353 g/mol. The summed E-state index contributed by atoms with van der Waals surface area (Å²) in [6.45, 7) is 0. The number of anilines is 1. The molecule has 0 radical (unpaired) electrons. The Morgan fingerprint density at radius 3 is 3.10 bits per heavy atom. The number of fused-ring (bicyclic) bond motifs is 1. The first-order chi connectivity index (χ1) is 9.56. The van der Waals surface area contributed by atoms with Crippen LogP contribution in [0.5, 0.6) is 0 Å². The standard InChI is InChI=1S/C14H13BrClN3O/c1-19-14(20)13(15)12(7-17-19)18-11-5-2-8-6-9(16)3-4-10(8)11/h3-4,6-7,11,18H,2,5H2,1H3. The minimum atomic E-state index is -0.149. The third-order valence-corrected chi connectivity index (χ3v) is 4.59. The van der Waals surface area contributed by atoms with E-state index < -0.39 is 0 Å². The molecule has 0 amide bonds. The highest BCUT2D eigenvalue weighted by molar-refractivity contribution is 9.10. The van der Waals surface area contributed by atoms with E-state index >= 15 is 0 Å². The van der Waals surface area contributed by atoms with Crippen molar-refractivity contribution in [2.45, 2.75) is 18.9 Å². The van der Waals surface area contributed by atoms with Crippen molar-refractivity contribution in [2.75, 3.05) is 5.32 Å². The van der Waals surface area contributed by atoms with Gasteiger partial charge in [0.2, 0.25) is 0 Å². The molecule has 0 aliphatic heterocycles. The van der Waals surface area contributed by atoms with Crippen LogP contribution in [0.2, 0.25) is 5.02 Å². The molecule has 2 aromatic rings. The van der Waals surface area contributed by atoms with Crippen LogP contribution in [0.3, 0.4) is 0 Å². The molecule has 4 nitrogen and oxygen atoms in total. The van der Waals surface area contributed by atoms with Gasteiger partial charge >= 0.3 is 0 Å². The van der Waals surface area contributed by atoms with Crippen LogP contribution in [-0.2, 0) is 13.5 Å². The Morgan fingerprint density at radius 2 is 2.30 bits per heavy atom. The molecule has 0 fully saturated rings. The Labute approximate surface area is 129 Å². The van der Waals surface area contributed by atoms with E-state index in [0.717, 1.165) is 23.6 Å². The van der Waals surface area contributed by atoms with E-state index in [1.54, 1.807) is 13.2 Å². The Bertz CT molecular complexity index is 729. The van der Waals surface area contributed by atoms with Crippen LogP contribution in [-0.4, -0.2) is 9.78 Å². The summed E-state index contributed by atoms with van der Waals surface area (Å²) in [5.41, 5.74) is 3.08. The highest BCUT2D eigenvalue weighted by Crippen LogP contribution is 2.36. The van der Waals surface area contributed by atoms with Crippen LogP contribution in [0.15, 0.2) is 33.7 Å². The number of hydrogen-bond acceptors (Lipinski definition) is 3. The zero-order chi connectivity index (χ0) is 14.3. The molecule has 1 aromatic carbocycles. The van der Waals surface area contributed by atoms with Crippen molar-refractivity contribution in [1.82, 2.24) is 9.78 Å². The maximum Gasteiger partial charge on any atom is 0.282 e. The fourth-order valence-electron chi connectivity index (χ4n) is 2.54. The predicted octanol–water partition coefficient (Wildman–Crippen LogP) is 3.30. The van der Waals surface area contributed by atoms with Crippen molar-refractivity contribution >= 4 is 33.2 Å². The van der Waals surface area contributed by atoms with Gasteiger partial charge in [-0.2, -0.15) is 5.10 Å². The van der Waals surface area contributed by atoms with Gasteiger partial charge in [-0.05, 0) is 52.0 Å². The number of rotatable bonds is 2. The largest absolute Gasteiger partial charge is 0.376 e. The summed E-state index contributed by atoms with van der Waals surface area (Å²) in [5.74, 6) is 0. The summed E-state index contributed by atoms with van der Waals surface area (Å²) < 4.78 is 1.81. The minimum absolute atomic E-state index is 0.149. The van der Waals surface area contributed by atoms with Crippen molar-refractivity contribution in [3.8, 4) is 0 Å². The summed E-state index contributed by atoms with van der Waals surface area (Å²) in [6, 6.07) is 6.14. The topological polar surface area (TPSA) is 46.9 Å². The lowest BCUT2D eigenvalue weighted by Crippen LogP contribution is -2.22. The average Bonchev–Trinajstić information content (AvgIpc) is 2.82. The lowest BCUT2D eigenvalue weighted by atomic mass is 10.1. The first-order valence-corrected chi connectivity index (χ1v) is 7.50. The molecular formula is C14H13BrClN3O. The fourth-order valence-corrected chi connectivity index (χ4v) is 3.20. The second-order valence-corrected chi connectivity index (χ2v) is 6.11. The van der Waals surface area contributed by atoms with E-state index in [1.165, 1.54) is 15.8 Å². The van der Waals surface area contributed by atoms with Gasteiger partial charge in [0.15, 0.2) is 0 Å². The molecule has 1 aliphatic rings. The molecule has 6 heteroatoms. The molecule has 1 aliphatic carbocycles. The number of nitrogens with one attached hydrogen (secondary N) is 1. The molecule has 1 N–H and O–H groups in total. The number of halogens is 2. The number of hydrogen-bond donors (Lipinski definition) is 1. The quantitative estimate of drug-likeness (QED) is 0.900. The maximum absolute atomic E-state index is 11.8. The predicted molar refractivity (Wildman–Crippen MR) is 83.3 cm³/mol. The van der Waals surface area contributed by atoms with Gasteiger partial charge < -0.3 is 5.32 Å². The Morgan fingerprint density at radius 1 is 1.50 bits per heavy atom. The molecule has 1 heterocycles. The van der Waals surface area contributed by atoms with Crippen LogP contribution in [0, 0.1) is 0 Å². The Kier molecular flexibility index (Phi) is 3.56. The zero-order valence-corrected chi connectivity index (χ0v) is 13.2. The van der Waals surface area contributed by atoms with Gasteiger partial charge in [-0.3, -0.25) is 4.79 Å². The molecule has 0 saturated carbocycles. The van der Waals surface area contributed by atoms with Gasteiger partial charge in [-0.1, -0.05) is 17.7 Å². The van der Waals surface area contributed by atoms with Crippen molar-refractivity contribution in [3.05, 3.63) is 55.4 Å². The number of aryl methyl sites for hydroxylation is 2. The van der Waals surface area contributed by atoms with Crippen molar-refractivity contribution in [1.29, 1.82) is 0 Å². The van der Waals surface area contributed by atoms with E-state index in [4.69, 9.17) is 11.6 Å². The van der Waals surface area contributed by atoms with E-state index in [-0.39, 0.29) is 11.6 Å². The van der Waals surface area contributed by atoms with E-state index in [9.17, 15) is 4.79 Å². The third kappa shape index (κ3) is 2.36. The summed E-state index contributed by atoms with van der Waals surface area (Å²) in [6.07, 6.45) is 3.64. The van der Waals surface area contributed by atoms with Crippen molar-refractivity contribution in [2.24, 2.45) is 7.05 Å². The minimum Gasteiger partial charge on any atom is -0.376 e. The van der Waals surface area contributed by atoms with Crippen LogP contribution in [0.25, 0.3) is 0 Å². The summed E-state index contributed by atoms with van der Waals surface area (Å²) in [5, 5.41) is 8.19. The highest BCUT2D eigenvalue weighted by Gasteiger charge is 2.23. The van der Waals surface area contributed by atoms with Gasteiger partial charge in [0.1, 0.15) is 4.47 Å². The lowest BCUT2D eigenvalue weighted by molar-refractivity contribution is 0.697. The molecule has 0 spiro atoms. The van der Waals surface area contributed by atoms with Crippen molar-refractivity contribution < 1.29 is 0 Å². The summed E-state index contributed by atoms with van der Waals surface area (Å²) in [7, 11) is 1.63. The molecule has 0 bridgehead atoms. The molecule has 1 atom stereocenters. The highest BCUT2D eigenvalue weighted by atomic mass is 79.9. The first-order valence-electron chi connectivity index (χ1n) is 6.33. The second-order valence-electron chi connectivity index (χ2n) is 4.88. The summed E-state index contributed by atoms with van der Waals surface area (Å²) >= 11 is 9.35. The van der Waals surface area contributed by atoms with Gasteiger partial charge in [0.25, 0.3) is 5.56 Å². The number of benzene rings is 1. The average molecular weight is 355 g/mol. The zero-order valence-electron chi connectivity index (χ0n) is 10.9. The molecule has 1 aromatic heterocycles. The van der Waals surface area contributed by atoms with Crippen molar-refractivity contribution in [3.63, 3.8) is 0 Å². The van der Waals surface area contributed by atoms with Crippen LogP contribution in [0.1, 0.15) is 23.6 Å². The Hall–Kier alpha value is -1.33. The molecule has 3 rings (SSSR count). The smallest absolute Gasteiger partial charge is 0.282 e. The van der Waals surface area contributed by atoms with E-state index in [2.05, 4.69) is 26.3 Å². The molecule has 0 saturated heterocycles. The van der Waals surface area contributed by atoms with Crippen LogP contribution in [0.4, 0.5) is 5.69 Å². The molecular weight excluding hydrogens is 342 g/mol. The van der Waals surface area contributed by atoms with Gasteiger partial charge in [-0.25, -0.2) is 4.68 Å². The summed E-state index contributed by atoms with van der Waals surface area (Å²) in [4.78, 5) is 11.8. The molecule has 104 valence electrons.